The van der Waals surface area contributed by atoms with E-state index in [1.807, 2.05) is 30.3 Å². The zero-order chi connectivity index (χ0) is 19.4. The first-order valence-electron chi connectivity index (χ1n) is 8.07. The van der Waals surface area contributed by atoms with E-state index in [2.05, 4.69) is 10.3 Å². The van der Waals surface area contributed by atoms with Crippen molar-refractivity contribution in [3.05, 3.63) is 64.7 Å². The summed E-state index contributed by atoms with van der Waals surface area (Å²) in [5.41, 5.74) is 0.624. The lowest BCUT2D eigenvalue weighted by Crippen LogP contribution is -2.30. The van der Waals surface area contributed by atoms with Gasteiger partial charge in [-0.05, 0) is 18.2 Å². The largest absolute Gasteiger partial charge is 0.320 e. The monoisotopic (exact) mass is 384 g/mol. The van der Waals surface area contributed by atoms with Gasteiger partial charge in [-0.15, -0.1) is 0 Å². The molecule has 1 N–H and O–H groups in total. The first-order valence-corrected chi connectivity index (χ1v) is 8.95. The molecular weight excluding hydrogens is 368 g/mol. The summed E-state index contributed by atoms with van der Waals surface area (Å²) in [5, 5.41) is 13.4. The van der Waals surface area contributed by atoms with Gasteiger partial charge in [-0.1, -0.05) is 42.1 Å². The highest BCUT2D eigenvalue weighted by atomic mass is 32.2. The summed E-state index contributed by atoms with van der Waals surface area (Å²) in [6, 6.07) is 15.1. The number of amidine groups is 1. The van der Waals surface area contributed by atoms with Gasteiger partial charge in [0, 0.05) is 19.5 Å². The van der Waals surface area contributed by atoms with Gasteiger partial charge in [0.1, 0.15) is 10.9 Å². The fourth-order valence-corrected chi connectivity index (χ4v) is 3.67. The molecule has 9 heteroatoms. The highest BCUT2D eigenvalue weighted by Crippen LogP contribution is 2.31. The Balaban J connectivity index is 1.69. The Morgan fingerprint density at radius 1 is 1.22 bits per heavy atom. The van der Waals surface area contributed by atoms with Crippen molar-refractivity contribution in [3.8, 4) is 0 Å². The van der Waals surface area contributed by atoms with Gasteiger partial charge in [0.05, 0.1) is 10.6 Å². The van der Waals surface area contributed by atoms with Gasteiger partial charge >= 0.3 is 0 Å². The summed E-state index contributed by atoms with van der Waals surface area (Å²) in [7, 11) is 1.61. The number of carbonyl (C=O) groups is 2. The molecule has 1 fully saturated rings. The zero-order valence-electron chi connectivity index (χ0n) is 14.4. The molecule has 8 nitrogen and oxygen atoms in total. The number of thioether (sulfide) groups is 1. The van der Waals surface area contributed by atoms with Crippen molar-refractivity contribution in [2.45, 2.75) is 11.7 Å². The fourth-order valence-electron chi connectivity index (χ4n) is 2.52. The van der Waals surface area contributed by atoms with Gasteiger partial charge in [0.15, 0.2) is 5.17 Å². The van der Waals surface area contributed by atoms with Crippen LogP contribution in [0.5, 0.6) is 0 Å². The number of anilines is 1. The van der Waals surface area contributed by atoms with Crippen LogP contribution < -0.4 is 5.32 Å². The second-order valence-corrected chi connectivity index (χ2v) is 6.93. The molecule has 138 valence electrons. The van der Waals surface area contributed by atoms with Crippen molar-refractivity contribution in [1.82, 2.24) is 4.90 Å². The molecule has 1 aliphatic rings. The lowest BCUT2D eigenvalue weighted by atomic mass is 10.2. The Kier molecular flexibility index (Phi) is 5.51. The van der Waals surface area contributed by atoms with E-state index in [1.165, 1.54) is 34.9 Å². The molecule has 3 rings (SSSR count). The molecule has 1 atom stereocenters. The average molecular weight is 384 g/mol. The van der Waals surface area contributed by atoms with Crippen molar-refractivity contribution in [2.75, 3.05) is 12.4 Å². The minimum atomic E-state index is -0.625. The number of rotatable bonds is 5. The zero-order valence-corrected chi connectivity index (χ0v) is 15.2. The second-order valence-electron chi connectivity index (χ2n) is 5.76. The molecule has 1 saturated heterocycles. The Morgan fingerprint density at radius 2 is 1.89 bits per heavy atom. The van der Waals surface area contributed by atoms with Crippen LogP contribution in [0.4, 0.5) is 17.1 Å². The maximum absolute atomic E-state index is 12.4. The summed E-state index contributed by atoms with van der Waals surface area (Å²) in [5.74, 6) is -0.697. The number of para-hydroxylation sites is 3. The Hall–Kier alpha value is -3.20. The molecular formula is C18H16N4O4S. The Morgan fingerprint density at radius 3 is 2.59 bits per heavy atom. The molecule has 0 spiro atoms. The van der Waals surface area contributed by atoms with Crippen LogP contribution in [0.15, 0.2) is 59.6 Å². The normalized spacial score (nSPS) is 18.0. The van der Waals surface area contributed by atoms with Gasteiger partial charge in [0.2, 0.25) is 11.8 Å². The van der Waals surface area contributed by atoms with E-state index in [4.69, 9.17) is 0 Å². The van der Waals surface area contributed by atoms with Gasteiger partial charge < -0.3 is 5.32 Å². The third-order valence-electron chi connectivity index (χ3n) is 3.87. The standard InChI is InChI=1S/C18H16N4O4S/c1-21-17(24)15(27-18(21)19-12-7-3-2-4-8-12)11-16(23)20-13-9-5-6-10-14(13)22(25)26/h2-10,15H,11H2,1H3,(H,20,23)/t15-/m1/s1. The molecule has 0 radical (unpaired) electrons. The predicted molar refractivity (Wildman–Crippen MR) is 104 cm³/mol. The molecule has 27 heavy (non-hydrogen) atoms. The van der Waals surface area contributed by atoms with Crippen LogP contribution in [0, 0.1) is 10.1 Å². The first kappa shape index (κ1) is 18.6. The van der Waals surface area contributed by atoms with Crippen LogP contribution in [-0.4, -0.2) is 39.1 Å². The van der Waals surface area contributed by atoms with Crippen molar-refractivity contribution in [1.29, 1.82) is 0 Å². The van der Waals surface area contributed by atoms with E-state index in [9.17, 15) is 19.7 Å². The minimum Gasteiger partial charge on any atom is -0.320 e. The van der Waals surface area contributed by atoms with Crippen LogP contribution in [0.2, 0.25) is 0 Å². The number of aliphatic imine (C=N–C) groups is 1. The molecule has 1 heterocycles. The van der Waals surface area contributed by atoms with Gasteiger partial charge in [-0.3, -0.25) is 24.6 Å². The smallest absolute Gasteiger partial charge is 0.292 e. The molecule has 0 bridgehead atoms. The van der Waals surface area contributed by atoms with E-state index >= 15 is 0 Å². The summed E-state index contributed by atoms with van der Waals surface area (Å²) in [6.45, 7) is 0. The highest BCUT2D eigenvalue weighted by Gasteiger charge is 2.37. The van der Waals surface area contributed by atoms with Crippen molar-refractivity contribution in [2.24, 2.45) is 4.99 Å². The number of nitrogens with one attached hydrogen (secondary N) is 1. The summed E-state index contributed by atoms with van der Waals surface area (Å²) in [4.78, 5) is 41.0. The lowest BCUT2D eigenvalue weighted by Gasteiger charge is -2.09. The van der Waals surface area contributed by atoms with E-state index in [0.717, 1.165) is 0 Å². The van der Waals surface area contributed by atoms with Crippen LogP contribution >= 0.6 is 11.8 Å². The number of nitrogens with zero attached hydrogens (tertiary/aromatic N) is 3. The van der Waals surface area contributed by atoms with Crippen LogP contribution in [0.3, 0.4) is 0 Å². The maximum Gasteiger partial charge on any atom is 0.292 e. The average Bonchev–Trinajstić information content (AvgIpc) is 2.90. The number of hydrogen-bond donors (Lipinski definition) is 1. The van der Waals surface area contributed by atoms with E-state index < -0.39 is 16.1 Å². The summed E-state index contributed by atoms with van der Waals surface area (Å²) < 4.78 is 0. The van der Waals surface area contributed by atoms with Crippen molar-refractivity contribution < 1.29 is 14.5 Å². The number of benzene rings is 2. The van der Waals surface area contributed by atoms with E-state index in [1.54, 1.807) is 13.1 Å². The molecule has 0 aromatic heterocycles. The summed E-state index contributed by atoms with van der Waals surface area (Å²) >= 11 is 1.20. The number of amides is 2. The predicted octanol–water partition coefficient (Wildman–Crippen LogP) is 3.18. The SMILES string of the molecule is CN1C(=O)[C@@H](CC(=O)Nc2ccccc2[N+](=O)[O-])SC1=Nc1ccccc1. The molecule has 2 aromatic carbocycles. The summed E-state index contributed by atoms with van der Waals surface area (Å²) in [6.07, 6.45) is -0.103. The topological polar surface area (TPSA) is 105 Å². The number of nitro benzene ring substituents is 1. The Labute approximate surface area is 159 Å². The molecule has 0 aliphatic carbocycles. The van der Waals surface area contributed by atoms with Gasteiger partial charge in [-0.25, -0.2) is 4.99 Å². The first-order chi connectivity index (χ1) is 13.0. The van der Waals surface area contributed by atoms with Gasteiger partial charge in [0.25, 0.3) is 5.69 Å². The molecule has 2 aromatic rings. The van der Waals surface area contributed by atoms with Crippen molar-refractivity contribution >= 4 is 45.8 Å². The number of carbonyl (C=O) groups excluding carboxylic acids is 2. The molecule has 1 aliphatic heterocycles. The van der Waals surface area contributed by atoms with Crippen LogP contribution in [-0.2, 0) is 9.59 Å². The van der Waals surface area contributed by atoms with Crippen LogP contribution in [0.1, 0.15) is 6.42 Å². The van der Waals surface area contributed by atoms with Crippen LogP contribution in [0.25, 0.3) is 0 Å². The number of hydrogen-bond acceptors (Lipinski definition) is 6. The second kappa shape index (κ2) is 8.00. The molecule has 0 saturated carbocycles. The molecule has 0 unspecified atom stereocenters. The third-order valence-corrected chi connectivity index (χ3v) is 5.10. The van der Waals surface area contributed by atoms with Gasteiger partial charge in [-0.2, -0.15) is 0 Å². The van der Waals surface area contributed by atoms with E-state index in [0.29, 0.717) is 10.9 Å². The minimum absolute atomic E-state index is 0.103. The molecule has 2 amide bonds. The fraction of sp³-hybridized carbons (Fsp3) is 0.167. The Bertz CT molecular complexity index is 917. The van der Waals surface area contributed by atoms with E-state index in [-0.39, 0.29) is 23.7 Å². The third kappa shape index (κ3) is 4.32. The number of nitro groups is 1. The lowest BCUT2D eigenvalue weighted by molar-refractivity contribution is -0.383. The van der Waals surface area contributed by atoms with Crippen molar-refractivity contribution in [3.63, 3.8) is 0 Å². The maximum atomic E-state index is 12.4. The quantitative estimate of drug-likeness (QED) is 0.630. The highest BCUT2D eigenvalue weighted by molar-refractivity contribution is 8.15.